The Morgan fingerprint density at radius 2 is 2.05 bits per heavy atom. The van der Waals surface area contributed by atoms with Crippen LogP contribution in [0.1, 0.15) is 32.1 Å². The number of nitrogens with zero attached hydrogens (tertiary/aromatic N) is 1. The first-order chi connectivity index (χ1) is 10.0. The van der Waals surface area contributed by atoms with Crippen LogP contribution in [-0.4, -0.2) is 16.0 Å². The van der Waals surface area contributed by atoms with Crippen LogP contribution in [-0.2, 0) is 11.8 Å². The molecule has 1 fully saturated rings. The van der Waals surface area contributed by atoms with Gasteiger partial charge in [0.05, 0.1) is 5.52 Å². The number of carbonyl (C=O) groups is 1. The fraction of sp³-hybridized carbons (Fsp3) is 0.467. The van der Waals surface area contributed by atoms with Gasteiger partial charge in [-0.05, 0) is 31.0 Å². The van der Waals surface area contributed by atoms with E-state index >= 15 is 0 Å². The summed E-state index contributed by atoms with van der Waals surface area (Å²) >= 11 is 0. The van der Waals surface area contributed by atoms with E-state index in [1.54, 1.807) is 13.1 Å². The van der Waals surface area contributed by atoms with E-state index in [2.05, 4.69) is 5.32 Å². The molecule has 0 spiro atoms. The summed E-state index contributed by atoms with van der Waals surface area (Å²) in [6.07, 6.45) is 4.59. The molecule has 2 aromatic rings. The van der Waals surface area contributed by atoms with Crippen molar-refractivity contribution in [3.05, 3.63) is 28.7 Å². The number of rotatable bonds is 3. The molecule has 0 atom stereocenters. The predicted molar refractivity (Wildman–Crippen MR) is 80.1 cm³/mol. The van der Waals surface area contributed by atoms with Gasteiger partial charge in [0.2, 0.25) is 5.91 Å². The van der Waals surface area contributed by atoms with Gasteiger partial charge in [0.15, 0.2) is 5.58 Å². The lowest BCUT2D eigenvalue weighted by molar-refractivity contribution is -0.123. The number of aryl methyl sites for hydroxylation is 1. The largest absolute Gasteiger partial charge is 0.419 e. The van der Waals surface area contributed by atoms with Crippen molar-refractivity contribution in [2.24, 2.45) is 12.8 Å². The summed E-state index contributed by atoms with van der Waals surface area (Å²) in [5.74, 6) is -0.715. The van der Waals surface area contributed by atoms with Crippen LogP contribution in [0.25, 0.3) is 11.1 Å². The van der Waals surface area contributed by atoms with Crippen molar-refractivity contribution in [2.45, 2.75) is 37.6 Å². The maximum absolute atomic E-state index is 11.9. The highest BCUT2D eigenvalue weighted by Crippen LogP contribution is 2.32. The van der Waals surface area contributed by atoms with Crippen LogP contribution in [0.4, 0.5) is 5.69 Å². The van der Waals surface area contributed by atoms with Crippen molar-refractivity contribution in [3.8, 4) is 0 Å². The van der Waals surface area contributed by atoms with Crippen LogP contribution >= 0.6 is 0 Å². The lowest BCUT2D eigenvalue weighted by Gasteiger charge is -2.36. The zero-order valence-corrected chi connectivity index (χ0v) is 12.0. The van der Waals surface area contributed by atoms with E-state index < -0.39 is 11.3 Å². The van der Waals surface area contributed by atoms with Crippen molar-refractivity contribution < 1.29 is 9.21 Å². The molecule has 1 aromatic heterocycles. The second-order valence-corrected chi connectivity index (χ2v) is 5.74. The summed E-state index contributed by atoms with van der Waals surface area (Å²) in [5, 5.41) is 3.29. The molecule has 3 rings (SSSR count). The third kappa shape index (κ3) is 2.30. The highest BCUT2D eigenvalue weighted by molar-refractivity contribution is 5.89. The Morgan fingerprint density at radius 1 is 1.33 bits per heavy atom. The molecule has 0 aliphatic heterocycles. The minimum Gasteiger partial charge on any atom is -0.408 e. The van der Waals surface area contributed by atoms with Gasteiger partial charge in [-0.1, -0.05) is 19.3 Å². The molecule has 0 bridgehead atoms. The van der Waals surface area contributed by atoms with Crippen molar-refractivity contribution >= 4 is 22.7 Å². The first-order valence-corrected chi connectivity index (χ1v) is 7.19. The van der Waals surface area contributed by atoms with E-state index in [1.165, 1.54) is 4.57 Å². The summed E-state index contributed by atoms with van der Waals surface area (Å²) < 4.78 is 6.55. The number of hydrogen-bond donors (Lipinski definition) is 2. The molecule has 1 heterocycles. The third-order valence-corrected chi connectivity index (χ3v) is 4.35. The smallest absolute Gasteiger partial charge is 0.408 e. The van der Waals surface area contributed by atoms with Gasteiger partial charge in [0, 0.05) is 12.7 Å². The van der Waals surface area contributed by atoms with Gasteiger partial charge in [0.1, 0.15) is 5.54 Å². The fourth-order valence-electron chi connectivity index (χ4n) is 3.07. The van der Waals surface area contributed by atoms with E-state index in [9.17, 15) is 9.59 Å². The fourth-order valence-corrected chi connectivity index (χ4v) is 3.07. The number of nitrogens with two attached hydrogens (primary N) is 1. The van der Waals surface area contributed by atoms with Gasteiger partial charge in [0.25, 0.3) is 0 Å². The summed E-state index contributed by atoms with van der Waals surface area (Å²) in [5.41, 5.74) is 6.94. The van der Waals surface area contributed by atoms with Crippen LogP contribution in [0.5, 0.6) is 0 Å². The maximum atomic E-state index is 11.9. The molecule has 21 heavy (non-hydrogen) atoms. The Kier molecular flexibility index (Phi) is 3.23. The van der Waals surface area contributed by atoms with Crippen LogP contribution < -0.4 is 16.8 Å². The second-order valence-electron chi connectivity index (χ2n) is 5.74. The van der Waals surface area contributed by atoms with Crippen molar-refractivity contribution in [3.63, 3.8) is 0 Å². The van der Waals surface area contributed by atoms with Crippen LogP contribution in [0, 0.1) is 0 Å². The molecule has 6 nitrogen and oxygen atoms in total. The van der Waals surface area contributed by atoms with Gasteiger partial charge in [-0.25, -0.2) is 4.79 Å². The lowest BCUT2D eigenvalue weighted by Crippen LogP contribution is -2.51. The number of nitrogens with one attached hydrogen (secondary N) is 1. The zero-order valence-electron chi connectivity index (χ0n) is 12.0. The normalized spacial score (nSPS) is 17.8. The SMILES string of the molecule is Cn1c(=O)oc2ccc(NC3(C(N)=O)CCCCC3)cc21. The Labute approximate surface area is 121 Å². The number of carbonyl (C=O) groups excluding carboxylic acids is 1. The minimum atomic E-state index is -0.686. The molecule has 0 unspecified atom stereocenters. The van der Waals surface area contributed by atoms with E-state index in [1.807, 2.05) is 12.1 Å². The molecule has 6 heteroatoms. The van der Waals surface area contributed by atoms with Crippen LogP contribution in [0.15, 0.2) is 27.4 Å². The highest BCUT2D eigenvalue weighted by Gasteiger charge is 2.37. The van der Waals surface area contributed by atoms with Gasteiger partial charge >= 0.3 is 5.76 Å². The molecule has 0 saturated heterocycles. The van der Waals surface area contributed by atoms with Crippen LogP contribution in [0.3, 0.4) is 0 Å². The molecule has 1 saturated carbocycles. The minimum absolute atomic E-state index is 0.316. The second kappa shape index (κ2) is 4.95. The van der Waals surface area contributed by atoms with Gasteiger partial charge in [-0.2, -0.15) is 0 Å². The van der Waals surface area contributed by atoms with E-state index in [4.69, 9.17) is 10.2 Å². The monoisotopic (exact) mass is 289 g/mol. The van der Waals surface area contributed by atoms with E-state index in [0.717, 1.165) is 37.8 Å². The molecule has 112 valence electrons. The van der Waals surface area contributed by atoms with Crippen molar-refractivity contribution in [2.75, 3.05) is 5.32 Å². The molecule has 0 radical (unpaired) electrons. The Bertz CT molecular complexity index is 738. The van der Waals surface area contributed by atoms with Gasteiger partial charge < -0.3 is 15.5 Å². The molecule has 1 aliphatic rings. The Hall–Kier alpha value is -2.24. The highest BCUT2D eigenvalue weighted by atomic mass is 16.4. The first-order valence-electron chi connectivity index (χ1n) is 7.19. The number of anilines is 1. The number of oxazole rings is 1. The molecule has 1 aliphatic carbocycles. The van der Waals surface area contributed by atoms with Crippen LogP contribution in [0.2, 0.25) is 0 Å². The zero-order chi connectivity index (χ0) is 15.0. The summed E-state index contributed by atoms with van der Waals surface area (Å²) in [4.78, 5) is 23.4. The Morgan fingerprint density at radius 3 is 2.71 bits per heavy atom. The third-order valence-electron chi connectivity index (χ3n) is 4.35. The van der Waals surface area contributed by atoms with Gasteiger partial charge in [-0.3, -0.25) is 9.36 Å². The topological polar surface area (TPSA) is 90.3 Å². The number of amides is 1. The van der Waals surface area contributed by atoms with Gasteiger partial charge in [-0.15, -0.1) is 0 Å². The van der Waals surface area contributed by atoms with Crippen molar-refractivity contribution in [1.82, 2.24) is 4.57 Å². The quantitative estimate of drug-likeness (QED) is 0.900. The number of fused-ring (bicyclic) bond motifs is 1. The Balaban J connectivity index is 1.98. The summed E-state index contributed by atoms with van der Waals surface area (Å²) in [7, 11) is 1.66. The molecule has 3 N–H and O–H groups in total. The average molecular weight is 289 g/mol. The standard InChI is InChI=1S/C15H19N3O3/c1-18-11-9-10(5-6-12(11)21-14(18)20)17-15(13(16)19)7-3-2-4-8-15/h5-6,9,17H,2-4,7-8H2,1H3,(H2,16,19). The summed E-state index contributed by atoms with van der Waals surface area (Å²) in [6, 6.07) is 5.36. The van der Waals surface area contributed by atoms with Crippen molar-refractivity contribution in [1.29, 1.82) is 0 Å². The molecular formula is C15H19N3O3. The number of hydrogen-bond acceptors (Lipinski definition) is 4. The molecule has 1 amide bonds. The maximum Gasteiger partial charge on any atom is 0.419 e. The lowest BCUT2D eigenvalue weighted by atomic mass is 9.81. The number of aromatic nitrogens is 1. The van der Waals surface area contributed by atoms with E-state index in [0.29, 0.717) is 11.1 Å². The van der Waals surface area contributed by atoms with E-state index in [-0.39, 0.29) is 5.91 Å². The molecule has 1 aromatic carbocycles. The summed E-state index contributed by atoms with van der Waals surface area (Å²) in [6.45, 7) is 0. The average Bonchev–Trinajstić information content (AvgIpc) is 2.75. The predicted octanol–water partition coefficient (Wildman–Crippen LogP) is 1.73. The number of primary amides is 1. The first kappa shape index (κ1) is 13.7. The molecular weight excluding hydrogens is 270 g/mol. The number of benzene rings is 1.